The van der Waals surface area contributed by atoms with Gasteiger partial charge in [0.25, 0.3) is 0 Å². The minimum Gasteiger partial charge on any atom is -0.481 e. The van der Waals surface area contributed by atoms with Crippen molar-refractivity contribution < 1.29 is 33.8 Å². The van der Waals surface area contributed by atoms with Crippen LogP contribution in [0.4, 0.5) is 0 Å². The Kier molecular flexibility index (Phi) is 4.75. The van der Waals surface area contributed by atoms with Crippen LogP contribution in [-0.2, 0) is 14.4 Å². The van der Waals surface area contributed by atoms with Crippen molar-refractivity contribution in [2.75, 3.05) is 6.50 Å². The first kappa shape index (κ1) is 13.5. The number of nitrogens with one attached hydrogen (secondary N) is 1. The van der Waals surface area contributed by atoms with E-state index in [1.54, 1.807) is 0 Å². The lowest BCUT2D eigenvalue weighted by atomic mass is 9.83. The first-order chi connectivity index (χ1) is 11.3. The van der Waals surface area contributed by atoms with Crippen molar-refractivity contribution in [3.63, 3.8) is 0 Å². The summed E-state index contributed by atoms with van der Waals surface area (Å²) in [5.41, 5.74) is 0.313. The number of carbonyl (C=O) groups is 3. The summed E-state index contributed by atoms with van der Waals surface area (Å²) in [6.45, 7) is 0.625. The maximum Gasteiger partial charge on any atom is 0.321 e. The van der Waals surface area contributed by atoms with Crippen LogP contribution in [0.15, 0.2) is 23.8 Å². The van der Waals surface area contributed by atoms with Gasteiger partial charge in [0, 0.05) is 15.2 Å². The summed E-state index contributed by atoms with van der Waals surface area (Å²) in [4.78, 5) is 33.3. The van der Waals surface area contributed by atoms with E-state index in [1.807, 2.05) is 0 Å². The van der Waals surface area contributed by atoms with Gasteiger partial charge < -0.3 is 20.6 Å². The molecule has 1 aliphatic heterocycles. The Balaban J connectivity index is 3.25. The van der Waals surface area contributed by atoms with Gasteiger partial charge in [-0.15, -0.1) is 0 Å². The van der Waals surface area contributed by atoms with Crippen LogP contribution in [0.2, 0.25) is 0 Å². The lowest BCUT2D eigenvalue weighted by molar-refractivity contribution is -0.142. The van der Waals surface area contributed by atoms with Gasteiger partial charge in [0.2, 0.25) is 0 Å². The molecule has 0 amide bonds. The van der Waals surface area contributed by atoms with E-state index in [2.05, 4.69) is 5.32 Å². The van der Waals surface area contributed by atoms with E-state index in [4.69, 9.17) is 14.3 Å². The van der Waals surface area contributed by atoms with Gasteiger partial charge in [0.05, 0.1) is 13.7 Å². The fraction of sp³-hybridized carbons (Fsp3) is 0.533. The molecule has 0 aromatic carbocycles. The molecular formula is C15H21NO6. The SMILES string of the molecule is [2H]C1([2H])N[C@]([2H])(C(=O)O)[C@@H](CC(=O)O)[C@H]1/C(C)=C\C=C\[C@@H](C)C(=O)O. The van der Waals surface area contributed by atoms with E-state index in [-0.39, 0.29) is 0 Å². The van der Waals surface area contributed by atoms with Crippen LogP contribution in [0.3, 0.4) is 0 Å². The van der Waals surface area contributed by atoms with Crippen LogP contribution in [0.5, 0.6) is 0 Å². The quantitative estimate of drug-likeness (QED) is 0.516. The molecule has 122 valence electrons. The van der Waals surface area contributed by atoms with Crippen molar-refractivity contribution in [1.82, 2.24) is 5.32 Å². The number of carboxylic acids is 3. The van der Waals surface area contributed by atoms with Crippen LogP contribution in [0, 0.1) is 17.8 Å². The Morgan fingerprint density at radius 1 is 1.41 bits per heavy atom. The smallest absolute Gasteiger partial charge is 0.321 e. The van der Waals surface area contributed by atoms with Gasteiger partial charge in [-0.2, -0.15) is 0 Å². The Morgan fingerprint density at radius 3 is 2.55 bits per heavy atom. The molecule has 4 atom stereocenters. The Morgan fingerprint density at radius 2 is 2.05 bits per heavy atom. The molecule has 0 aromatic heterocycles. The van der Waals surface area contributed by atoms with E-state index in [0.717, 1.165) is 0 Å². The first-order valence-electron chi connectivity index (χ1n) is 8.15. The molecule has 1 saturated heterocycles. The molecule has 0 spiro atoms. The van der Waals surface area contributed by atoms with Crippen LogP contribution < -0.4 is 5.32 Å². The van der Waals surface area contributed by atoms with Crippen molar-refractivity contribution in [2.45, 2.75) is 26.3 Å². The molecule has 0 bridgehead atoms. The summed E-state index contributed by atoms with van der Waals surface area (Å²) in [5, 5.41) is 29.2. The fourth-order valence-corrected chi connectivity index (χ4v) is 2.13. The highest BCUT2D eigenvalue weighted by Gasteiger charge is 2.41. The van der Waals surface area contributed by atoms with Crippen LogP contribution >= 0.6 is 0 Å². The lowest BCUT2D eigenvalue weighted by Crippen LogP contribution is -2.36. The van der Waals surface area contributed by atoms with Crippen LogP contribution in [-0.4, -0.2) is 45.7 Å². The topological polar surface area (TPSA) is 124 Å². The molecule has 1 heterocycles. The fourth-order valence-electron chi connectivity index (χ4n) is 2.13. The average Bonchev–Trinajstić information content (AvgIpc) is 2.64. The molecular weight excluding hydrogens is 290 g/mol. The Bertz CT molecular complexity index is 633. The molecule has 22 heavy (non-hydrogen) atoms. The van der Waals surface area contributed by atoms with Gasteiger partial charge >= 0.3 is 17.9 Å². The van der Waals surface area contributed by atoms with Crippen molar-refractivity contribution >= 4 is 17.9 Å². The van der Waals surface area contributed by atoms with Gasteiger partial charge in [0.15, 0.2) is 0 Å². The second-order valence-corrected chi connectivity index (χ2v) is 5.09. The zero-order chi connectivity index (χ0) is 19.6. The molecule has 4 N–H and O–H groups in total. The molecule has 0 saturated carbocycles. The summed E-state index contributed by atoms with van der Waals surface area (Å²) in [6.07, 6.45) is 3.47. The number of rotatable bonds is 7. The van der Waals surface area contributed by atoms with Gasteiger partial charge in [-0.3, -0.25) is 14.4 Å². The molecule has 7 nitrogen and oxygen atoms in total. The summed E-state index contributed by atoms with van der Waals surface area (Å²) < 4.78 is 24.0. The van der Waals surface area contributed by atoms with Crippen LogP contribution in [0.1, 0.15) is 24.4 Å². The standard InChI is InChI=1S/C15H21NO6/c1-8(4-3-5-9(2)14(19)20)11-7-16-13(15(21)22)10(11)6-12(17)18/h3-5,9-11,13,16H,6-7H2,1-2H3,(H,17,18)(H,19,20)(H,21,22)/b5-3+,8-4-/t9-,10+,11-,13+/m1/s1/i7D2,13D. The monoisotopic (exact) mass is 314 g/mol. The number of hydrogen-bond acceptors (Lipinski definition) is 4. The Hall–Kier alpha value is -2.15. The normalized spacial score (nSPS) is 34.6. The number of allylic oxidation sites excluding steroid dienone is 2. The van der Waals surface area contributed by atoms with Crippen LogP contribution in [0.25, 0.3) is 0 Å². The van der Waals surface area contributed by atoms with E-state index in [9.17, 15) is 19.5 Å². The zero-order valence-corrected chi connectivity index (χ0v) is 12.2. The molecule has 1 rings (SSSR count). The third-order valence-electron chi connectivity index (χ3n) is 3.40. The largest absolute Gasteiger partial charge is 0.481 e. The maximum atomic E-state index is 11.4. The van der Waals surface area contributed by atoms with Crippen molar-refractivity contribution in [1.29, 1.82) is 0 Å². The van der Waals surface area contributed by atoms with E-state index >= 15 is 0 Å². The third-order valence-corrected chi connectivity index (χ3v) is 3.40. The second-order valence-electron chi connectivity index (χ2n) is 5.09. The highest BCUT2D eigenvalue weighted by molar-refractivity contribution is 5.76. The predicted molar refractivity (Wildman–Crippen MR) is 78.4 cm³/mol. The van der Waals surface area contributed by atoms with Gasteiger partial charge in [-0.1, -0.05) is 23.8 Å². The van der Waals surface area contributed by atoms with Gasteiger partial charge in [-0.05, 0) is 19.8 Å². The molecule has 0 aliphatic carbocycles. The minimum atomic E-state index is -2.49. The number of aliphatic carboxylic acids is 3. The molecule has 1 fully saturated rings. The highest BCUT2D eigenvalue weighted by atomic mass is 16.4. The van der Waals surface area contributed by atoms with Crippen molar-refractivity contribution in [2.24, 2.45) is 17.8 Å². The molecule has 1 aliphatic rings. The van der Waals surface area contributed by atoms with E-state index < -0.39 is 54.6 Å². The maximum absolute atomic E-state index is 11.4. The highest BCUT2D eigenvalue weighted by Crippen LogP contribution is 2.31. The predicted octanol–water partition coefficient (Wildman–Crippen LogP) is 0.973. The summed E-state index contributed by atoms with van der Waals surface area (Å²) in [5.74, 6) is -7.34. The molecule has 0 aromatic rings. The third kappa shape index (κ3) is 4.70. The molecule has 0 radical (unpaired) electrons. The first-order valence-corrected chi connectivity index (χ1v) is 6.65. The number of carboxylic acid groups (broad SMARTS) is 3. The summed E-state index contributed by atoms with van der Waals surface area (Å²) >= 11 is 0. The van der Waals surface area contributed by atoms with Gasteiger partial charge in [-0.25, -0.2) is 0 Å². The van der Waals surface area contributed by atoms with Crippen molar-refractivity contribution in [3.05, 3.63) is 23.8 Å². The second kappa shape index (κ2) is 7.74. The van der Waals surface area contributed by atoms with E-state index in [1.165, 1.54) is 32.1 Å². The average molecular weight is 314 g/mol. The lowest BCUT2D eigenvalue weighted by Gasteiger charge is -2.20. The molecule has 0 unspecified atom stereocenters. The van der Waals surface area contributed by atoms with Gasteiger partial charge in [0.1, 0.15) is 6.02 Å². The van der Waals surface area contributed by atoms with Crippen molar-refractivity contribution in [3.8, 4) is 0 Å². The summed E-state index contributed by atoms with van der Waals surface area (Å²) in [6, 6.07) is -2.49. The molecule has 7 heteroatoms. The number of hydrogen-bond donors (Lipinski definition) is 4. The Labute approximate surface area is 132 Å². The minimum absolute atomic E-state index is 0.313. The summed E-state index contributed by atoms with van der Waals surface area (Å²) in [7, 11) is 0. The van der Waals surface area contributed by atoms with E-state index in [0.29, 0.717) is 5.57 Å². The zero-order valence-electron chi connectivity index (χ0n) is 15.2.